The molecule has 2 amide bonds. The number of amides is 2. The highest BCUT2D eigenvalue weighted by Crippen LogP contribution is 2.27. The largest absolute Gasteiger partial charge is 0.497 e. The number of carbonyl (C=O) groups excluding carboxylic acids is 2. The molecule has 4 rings (SSSR count). The van der Waals surface area contributed by atoms with Crippen LogP contribution in [-0.2, 0) is 16.1 Å². The van der Waals surface area contributed by atoms with Gasteiger partial charge in [0, 0.05) is 24.7 Å². The zero-order valence-electron chi connectivity index (χ0n) is 16.5. The third-order valence-electron chi connectivity index (χ3n) is 4.98. The van der Waals surface area contributed by atoms with Crippen LogP contribution in [0.3, 0.4) is 0 Å². The smallest absolute Gasteiger partial charge is 0.227 e. The van der Waals surface area contributed by atoms with Crippen LogP contribution < -0.4 is 15.0 Å². The van der Waals surface area contributed by atoms with Gasteiger partial charge in [-0.2, -0.15) is 4.68 Å². The molecule has 0 bridgehead atoms. The van der Waals surface area contributed by atoms with Crippen LogP contribution in [0.2, 0.25) is 0 Å². The fraction of sp³-hybridized carbons (Fsp3) is 0.250. The summed E-state index contributed by atoms with van der Waals surface area (Å²) in [6.45, 7) is 0.198. The zero-order chi connectivity index (χ0) is 22.0. The first kappa shape index (κ1) is 20.4. The standard InChI is InChI=1S/C20H18F2N6O3/c1-31-15-5-2-13(3-6-15)27-11-12(8-19(27)29)20(30)23-10-18-24-25-26-28(18)14-4-7-16(21)17(22)9-14/h2-7,9,12H,8,10-11H2,1H3,(H,23,30). The minimum atomic E-state index is -1.04. The van der Waals surface area contributed by atoms with Crippen LogP contribution in [0.15, 0.2) is 42.5 Å². The molecule has 1 unspecified atom stereocenters. The maximum Gasteiger partial charge on any atom is 0.227 e. The van der Waals surface area contributed by atoms with Crippen molar-refractivity contribution in [2.24, 2.45) is 5.92 Å². The van der Waals surface area contributed by atoms with Crippen LogP contribution >= 0.6 is 0 Å². The molecule has 0 spiro atoms. The van der Waals surface area contributed by atoms with Gasteiger partial charge in [-0.3, -0.25) is 9.59 Å². The Hall–Kier alpha value is -3.89. The molecule has 1 N–H and O–H groups in total. The third-order valence-corrected chi connectivity index (χ3v) is 4.98. The van der Waals surface area contributed by atoms with Crippen LogP contribution in [0.1, 0.15) is 12.2 Å². The predicted octanol–water partition coefficient (Wildman–Crippen LogP) is 1.62. The summed E-state index contributed by atoms with van der Waals surface area (Å²) in [7, 11) is 1.55. The summed E-state index contributed by atoms with van der Waals surface area (Å²) in [5.41, 5.74) is 0.901. The summed E-state index contributed by atoms with van der Waals surface area (Å²) < 4.78 is 33.0. The number of ether oxygens (including phenoxy) is 1. The number of aromatic nitrogens is 4. The first-order valence-corrected chi connectivity index (χ1v) is 9.41. The van der Waals surface area contributed by atoms with Gasteiger partial charge in [0.1, 0.15) is 5.75 Å². The minimum Gasteiger partial charge on any atom is -0.497 e. The molecule has 11 heteroatoms. The Balaban J connectivity index is 1.40. The molecule has 1 aliphatic rings. The Morgan fingerprint density at radius 1 is 1.16 bits per heavy atom. The molecular formula is C20H18F2N6O3. The summed E-state index contributed by atoms with van der Waals surface area (Å²) in [6.07, 6.45) is 0.0754. The van der Waals surface area contributed by atoms with Crippen molar-refractivity contribution in [2.45, 2.75) is 13.0 Å². The first-order valence-electron chi connectivity index (χ1n) is 9.41. The number of tetrazole rings is 1. The Bertz CT molecular complexity index is 1120. The number of anilines is 1. The highest BCUT2D eigenvalue weighted by molar-refractivity contribution is 6.00. The highest BCUT2D eigenvalue weighted by atomic mass is 19.2. The molecule has 0 saturated carbocycles. The average molecular weight is 428 g/mol. The molecule has 1 saturated heterocycles. The van der Waals surface area contributed by atoms with Crippen molar-refractivity contribution < 1.29 is 23.1 Å². The van der Waals surface area contributed by atoms with E-state index in [1.54, 1.807) is 36.3 Å². The Morgan fingerprint density at radius 3 is 2.61 bits per heavy atom. The van der Waals surface area contributed by atoms with E-state index in [0.29, 0.717) is 11.4 Å². The number of nitrogens with one attached hydrogen (secondary N) is 1. The van der Waals surface area contributed by atoms with Gasteiger partial charge < -0.3 is 15.0 Å². The van der Waals surface area contributed by atoms with E-state index in [4.69, 9.17) is 4.74 Å². The van der Waals surface area contributed by atoms with Crippen molar-refractivity contribution in [1.82, 2.24) is 25.5 Å². The Labute approximate surface area is 175 Å². The van der Waals surface area contributed by atoms with E-state index in [2.05, 4.69) is 20.8 Å². The molecule has 1 aromatic heterocycles. The number of rotatable bonds is 6. The van der Waals surface area contributed by atoms with Crippen LogP contribution in [0.5, 0.6) is 5.75 Å². The highest BCUT2D eigenvalue weighted by Gasteiger charge is 2.35. The fourth-order valence-corrected chi connectivity index (χ4v) is 3.34. The second-order valence-corrected chi connectivity index (χ2v) is 6.93. The van der Waals surface area contributed by atoms with E-state index >= 15 is 0 Å². The molecular weight excluding hydrogens is 410 g/mol. The van der Waals surface area contributed by atoms with Gasteiger partial charge in [0.05, 0.1) is 25.3 Å². The Kier molecular flexibility index (Phi) is 5.56. The van der Waals surface area contributed by atoms with Crippen molar-refractivity contribution in [1.29, 1.82) is 0 Å². The lowest BCUT2D eigenvalue weighted by molar-refractivity contribution is -0.126. The van der Waals surface area contributed by atoms with Gasteiger partial charge in [0.2, 0.25) is 11.8 Å². The molecule has 3 aromatic rings. The van der Waals surface area contributed by atoms with E-state index in [1.165, 1.54) is 10.7 Å². The van der Waals surface area contributed by atoms with Crippen LogP contribution in [0, 0.1) is 17.6 Å². The van der Waals surface area contributed by atoms with Gasteiger partial charge in [0.15, 0.2) is 17.5 Å². The molecule has 0 aliphatic carbocycles. The van der Waals surface area contributed by atoms with Crippen molar-refractivity contribution in [2.75, 3.05) is 18.6 Å². The number of methoxy groups -OCH3 is 1. The number of hydrogen-bond donors (Lipinski definition) is 1. The lowest BCUT2D eigenvalue weighted by Crippen LogP contribution is -2.33. The van der Waals surface area contributed by atoms with Gasteiger partial charge in [-0.05, 0) is 46.8 Å². The maximum atomic E-state index is 13.5. The van der Waals surface area contributed by atoms with Gasteiger partial charge in [-0.25, -0.2) is 8.78 Å². The lowest BCUT2D eigenvalue weighted by Gasteiger charge is -2.17. The molecule has 2 aromatic carbocycles. The van der Waals surface area contributed by atoms with Gasteiger partial charge in [-0.15, -0.1) is 5.10 Å². The molecule has 0 radical (unpaired) electrons. The van der Waals surface area contributed by atoms with Crippen molar-refractivity contribution in [3.8, 4) is 11.4 Å². The molecule has 160 valence electrons. The average Bonchev–Trinajstić information content (AvgIpc) is 3.41. The summed E-state index contributed by atoms with van der Waals surface area (Å²) in [5.74, 6) is -2.15. The number of benzene rings is 2. The number of nitrogens with zero attached hydrogens (tertiary/aromatic N) is 5. The fourth-order valence-electron chi connectivity index (χ4n) is 3.34. The third kappa shape index (κ3) is 4.20. The summed E-state index contributed by atoms with van der Waals surface area (Å²) in [5, 5.41) is 13.8. The second-order valence-electron chi connectivity index (χ2n) is 6.93. The quantitative estimate of drug-likeness (QED) is 0.640. The first-order chi connectivity index (χ1) is 15.0. The summed E-state index contributed by atoms with van der Waals surface area (Å²) >= 11 is 0. The molecule has 1 atom stereocenters. The van der Waals surface area contributed by atoms with Gasteiger partial charge in [0.25, 0.3) is 0 Å². The van der Waals surface area contributed by atoms with E-state index in [-0.39, 0.29) is 42.8 Å². The zero-order valence-corrected chi connectivity index (χ0v) is 16.5. The normalized spacial score (nSPS) is 15.9. The van der Waals surface area contributed by atoms with Crippen LogP contribution in [-0.4, -0.2) is 45.7 Å². The van der Waals surface area contributed by atoms with Gasteiger partial charge in [-0.1, -0.05) is 0 Å². The molecule has 31 heavy (non-hydrogen) atoms. The predicted molar refractivity (Wildman–Crippen MR) is 104 cm³/mol. The molecule has 2 heterocycles. The minimum absolute atomic E-state index is 0.0436. The van der Waals surface area contributed by atoms with E-state index in [9.17, 15) is 18.4 Å². The van der Waals surface area contributed by atoms with E-state index < -0.39 is 17.6 Å². The topological polar surface area (TPSA) is 102 Å². The van der Waals surface area contributed by atoms with Crippen molar-refractivity contribution in [3.05, 3.63) is 59.9 Å². The summed E-state index contributed by atoms with van der Waals surface area (Å²) in [6, 6.07) is 10.2. The number of hydrogen-bond acceptors (Lipinski definition) is 6. The van der Waals surface area contributed by atoms with E-state index in [0.717, 1.165) is 12.1 Å². The lowest BCUT2D eigenvalue weighted by atomic mass is 10.1. The monoisotopic (exact) mass is 428 g/mol. The van der Waals surface area contributed by atoms with Crippen LogP contribution in [0.4, 0.5) is 14.5 Å². The number of halogens is 2. The second kappa shape index (κ2) is 8.46. The summed E-state index contributed by atoms with van der Waals surface area (Å²) in [4.78, 5) is 26.6. The maximum absolute atomic E-state index is 13.5. The number of carbonyl (C=O) groups is 2. The Morgan fingerprint density at radius 2 is 1.90 bits per heavy atom. The van der Waals surface area contributed by atoms with E-state index in [1.807, 2.05) is 0 Å². The van der Waals surface area contributed by atoms with Crippen molar-refractivity contribution >= 4 is 17.5 Å². The molecule has 1 aliphatic heterocycles. The molecule has 1 fully saturated rings. The van der Waals surface area contributed by atoms with Gasteiger partial charge >= 0.3 is 0 Å². The van der Waals surface area contributed by atoms with Crippen molar-refractivity contribution in [3.63, 3.8) is 0 Å². The molecule has 9 nitrogen and oxygen atoms in total. The SMILES string of the molecule is COc1ccc(N2CC(C(=O)NCc3nnnn3-c3ccc(F)c(F)c3)CC2=O)cc1. The van der Waals surface area contributed by atoms with Crippen LogP contribution in [0.25, 0.3) is 5.69 Å².